The van der Waals surface area contributed by atoms with Gasteiger partial charge < -0.3 is 0 Å². The molecule has 1 aliphatic carbocycles. The van der Waals surface area contributed by atoms with Gasteiger partial charge in [-0.2, -0.15) is 0 Å². The van der Waals surface area contributed by atoms with Crippen molar-refractivity contribution in [2.24, 2.45) is 0 Å². The van der Waals surface area contributed by atoms with E-state index in [9.17, 15) is 0 Å². The third-order valence-corrected chi connectivity index (χ3v) is 10.6. The van der Waals surface area contributed by atoms with Gasteiger partial charge in [0.2, 0.25) is 0 Å². The van der Waals surface area contributed by atoms with Gasteiger partial charge in [-0.3, -0.25) is 0 Å². The molecule has 9 aromatic rings. The maximum absolute atomic E-state index is 4.98. The van der Waals surface area contributed by atoms with E-state index in [1.807, 2.05) is 36.4 Å². The molecule has 258 valence electrons. The summed E-state index contributed by atoms with van der Waals surface area (Å²) in [5.74, 6) is 1.94. The Labute approximate surface area is 321 Å². The summed E-state index contributed by atoms with van der Waals surface area (Å²) < 4.78 is 0. The molecule has 0 unspecified atom stereocenters. The molecule has 0 saturated heterocycles. The molecule has 0 saturated carbocycles. The minimum atomic E-state index is 0.644. The van der Waals surface area contributed by atoms with E-state index in [4.69, 9.17) is 15.0 Å². The number of rotatable bonds is 7. The van der Waals surface area contributed by atoms with Gasteiger partial charge in [0.15, 0.2) is 17.5 Å². The van der Waals surface area contributed by atoms with E-state index in [0.717, 1.165) is 39.8 Å². The first-order valence-corrected chi connectivity index (χ1v) is 18.7. The molecule has 0 atom stereocenters. The lowest BCUT2D eigenvalue weighted by Gasteiger charge is -2.10. The van der Waals surface area contributed by atoms with Crippen LogP contribution < -0.4 is 0 Å². The van der Waals surface area contributed by atoms with E-state index >= 15 is 0 Å². The summed E-state index contributed by atoms with van der Waals surface area (Å²) in [6, 6.07) is 70.8. The highest BCUT2D eigenvalue weighted by atomic mass is 15.0. The van der Waals surface area contributed by atoms with Crippen molar-refractivity contribution in [3.8, 4) is 89.8 Å². The molecule has 10 rings (SSSR count). The molecule has 0 amide bonds. The molecule has 8 aromatic carbocycles. The van der Waals surface area contributed by atoms with Crippen molar-refractivity contribution in [3.63, 3.8) is 0 Å². The summed E-state index contributed by atoms with van der Waals surface area (Å²) in [6.45, 7) is 0. The fourth-order valence-corrected chi connectivity index (χ4v) is 7.62. The van der Waals surface area contributed by atoms with Crippen LogP contribution in [-0.4, -0.2) is 15.0 Å². The van der Waals surface area contributed by atoms with Crippen molar-refractivity contribution in [3.05, 3.63) is 211 Å². The zero-order chi connectivity index (χ0) is 36.6. The molecule has 1 aliphatic rings. The topological polar surface area (TPSA) is 38.7 Å². The van der Waals surface area contributed by atoms with Gasteiger partial charge in [-0.05, 0) is 79.2 Å². The largest absolute Gasteiger partial charge is 0.208 e. The summed E-state index contributed by atoms with van der Waals surface area (Å²) in [4.78, 5) is 14.8. The Morgan fingerprint density at radius 1 is 0.236 bits per heavy atom. The predicted molar refractivity (Wildman–Crippen MR) is 226 cm³/mol. The molecular weight excluding hydrogens is 667 g/mol. The molecule has 0 aliphatic heterocycles. The number of aromatic nitrogens is 3. The Balaban J connectivity index is 0.892. The first-order valence-electron chi connectivity index (χ1n) is 18.7. The lowest BCUT2D eigenvalue weighted by molar-refractivity contribution is 1.07. The average molecular weight is 702 g/mol. The summed E-state index contributed by atoms with van der Waals surface area (Å²) in [7, 11) is 0. The minimum Gasteiger partial charge on any atom is -0.208 e. The third-order valence-electron chi connectivity index (χ3n) is 10.6. The Bertz CT molecular complexity index is 2770. The Kier molecular flexibility index (Phi) is 8.23. The quantitative estimate of drug-likeness (QED) is 0.166. The number of benzene rings is 8. The van der Waals surface area contributed by atoms with Gasteiger partial charge >= 0.3 is 0 Å². The molecular formula is C52H35N3. The molecule has 1 heterocycles. The van der Waals surface area contributed by atoms with Crippen LogP contribution in [0.4, 0.5) is 0 Å². The zero-order valence-electron chi connectivity index (χ0n) is 30.1. The maximum Gasteiger partial charge on any atom is 0.164 e. The lowest BCUT2D eigenvalue weighted by Crippen LogP contribution is -2.00. The second-order valence-electron chi connectivity index (χ2n) is 14.1. The van der Waals surface area contributed by atoms with Crippen LogP contribution in [0.15, 0.2) is 200 Å². The van der Waals surface area contributed by atoms with Crippen LogP contribution in [0.25, 0.3) is 89.8 Å². The van der Waals surface area contributed by atoms with Gasteiger partial charge in [-0.15, -0.1) is 0 Å². The van der Waals surface area contributed by atoms with Gasteiger partial charge in [0.1, 0.15) is 0 Å². The van der Waals surface area contributed by atoms with E-state index < -0.39 is 0 Å². The van der Waals surface area contributed by atoms with E-state index in [1.165, 1.54) is 50.1 Å². The van der Waals surface area contributed by atoms with Gasteiger partial charge in [-0.25, -0.2) is 15.0 Å². The Morgan fingerprint density at radius 2 is 0.545 bits per heavy atom. The molecule has 0 bridgehead atoms. The fraction of sp³-hybridized carbons (Fsp3) is 0.0192. The molecule has 0 spiro atoms. The molecule has 0 radical (unpaired) electrons. The highest BCUT2D eigenvalue weighted by Gasteiger charge is 2.18. The van der Waals surface area contributed by atoms with Crippen molar-refractivity contribution in [2.45, 2.75) is 6.42 Å². The van der Waals surface area contributed by atoms with Crippen molar-refractivity contribution in [2.75, 3.05) is 0 Å². The monoisotopic (exact) mass is 701 g/mol. The highest BCUT2D eigenvalue weighted by Crippen LogP contribution is 2.39. The molecule has 3 heteroatoms. The van der Waals surface area contributed by atoms with Crippen molar-refractivity contribution >= 4 is 0 Å². The van der Waals surface area contributed by atoms with E-state index in [2.05, 4.69) is 164 Å². The van der Waals surface area contributed by atoms with Crippen LogP contribution in [0.5, 0.6) is 0 Å². The highest BCUT2D eigenvalue weighted by molar-refractivity contribution is 5.82. The lowest BCUT2D eigenvalue weighted by atomic mass is 9.96. The maximum atomic E-state index is 4.98. The van der Waals surface area contributed by atoms with E-state index in [-0.39, 0.29) is 0 Å². The van der Waals surface area contributed by atoms with Crippen molar-refractivity contribution in [1.29, 1.82) is 0 Å². The number of hydrogen-bond donors (Lipinski definition) is 0. The van der Waals surface area contributed by atoms with Gasteiger partial charge in [0.25, 0.3) is 0 Å². The first kappa shape index (κ1) is 32.4. The summed E-state index contributed by atoms with van der Waals surface area (Å²) in [5.41, 5.74) is 17.9. The average Bonchev–Trinajstić information content (AvgIpc) is 3.65. The third kappa shape index (κ3) is 6.43. The van der Waals surface area contributed by atoms with E-state index in [0.29, 0.717) is 17.5 Å². The van der Waals surface area contributed by atoms with Crippen LogP contribution in [0.3, 0.4) is 0 Å². The van der Waals surface area contributed by atoms with Crippen molar-refractivity contribution < 1.29 is 0 Å². The molecule has 0 fully saturated rings. The van der Waals surface area contributed by atoms with Crippen LogP contribution >= 0.6 is 0 Å². The number of fused-ring (bicyclic) bond motifs is 3. The second-order valence-corrected chi connectivity index (χ2v) is 14.1. The minimum absolute atomic E-state index is 0.644. The van der Waals surface area contributed by atoms with Crippen LogP contribution in [0, 0.1) is 0 Å². The van der Waals surface area contributed by atoms with Crippen molar-refractivity contribution in [1.82, 2.24) is 15.0 Å². The van der Waals surface area contributed by atoms with Crippen LogP contribution in [-0.2, 0) is 6.42 Å². The van der Waals surface area contributed by atoms with Gasteiger partial charge in [0.05, 0.1) is 0 Å². The Hall–Kier alpha value is -7.23. The van der Waals surface area contributed by atoms with Gasteiger partial charge in [-0.1, -0.05) is 194 Å². The van der Waals surface area contributed by atoms with E-state index in [1.54, 1.807) is 0 Å². The van der Waals surface area contributed by atoms with Crippen LogP contribution in [0.2, 0.25) is 0 Å². The second kappa shape index (κ2) is 14.0. The molecule has 3 nitrogen and oxygen atoms in total. The predicted octanol–water partition coefficient (Wildman–Crippen LogP) is 13.1. The zero-order valence-corrected chi connectivity index (χ0v) is 30.1. The van der Waals surface area contributed by atoms with Gasteiger partial charge in [0, 0.05) is 16.7 Å². The smallest absolute Gasteiger partial charge is 0.164 e. The van der Waals surface area contributed by atoms with Crippen LogP contribution in [0.1, 0.15) is 11.1 Å². The summed E-state index contributed by atoms with van der Waals surface area (Å²) in [5, 5.41) is 0. The molecule has 1 aromatic heterocycles. The summed E-state index contributed by atoms with van der Waals surface area (Å²) in [6.07, 6.45) is 1.02. The number of hydrogen-bond acceptors (Lipinski definition) is 3. The normalized spacial score (nSPS) is 11.6. The number of nitrogens with zero attached hydrogens (tertiary/aromatic N) is 3. The molecule has 0 N–H and O–H groups in total. The standard InChI is InChI=1S/C52H35N3/c1-3-9-35(10-4-1)36-23-27-43(28-24-36)51-53-50(42-11-5-2-6-12-42)54-52(55-51)44-29-25-40(26-30-44)38-17-15-37(16-18-38)39-19-21-41(22-20-39)45-31-32-47-33-46-13-7-8-14-48(46)49(47)34-45/h1-32,34H,33H2. The Morgan fingerprint density at radius 3 is 1.02 bits per heavy atom. The first-order chi connectivity index (χ1) is 27.2. The molecule has 55 heavy (non-hydrogen) atoms. The summed E-state index contributed by atoms with van der Waals surface area (Å²) >= 11 is 0. The fourth-order valence-electron chi connectivity index (χ4n) is 7.62. The SMILES string of the molecule is c1ccc(-c2ccc(-c3nc(-c4ccccc4)nc(-c4ccc(-c5ccc(-c6ccc(-c7ccc8c(c7)-c7ccccc7C8)cc6)cc5)cc4)n3)cc2)cc1.